The Morgan fingerprint density at radius 1 is 0.811 bits per heavy atom. The second-order valence-electron chi connectivity index (χ2n) is 9.25. The molecule has 5 rings (SSSR count). The molecule has 8 heteroatoms. The van der Waals surface area contributed by atoms with E-state index < -0.39 is 0 Å². The third-order valence-corrected chi connectivity index (χ3v) is 7.50. The number of piperazine rings is 1. The SMILES string of the molecule is COc1ccc(-c2nn(CN3CCN(C(c4ccccc4)c4ccccc4)CC3)c(=S)n2C)cc1OC. The summed E-state index contributed by atoms with van der Waals surface area (Å²) in [6, 6.07) is 27.6. The number of ether oxygens (including phenoxy) is 2. The van der Waals surface area contributed by atoms with Crippen molar-refractivity contribution >= 4 is 12.2 Å². The average Bonchev–Trinajstić information content (AvgIpc) is 3.23. The van der Waals surface area contributed by atoms with E-state index in [4.69, 9.17) is 26.8 Å². The van der Waals surface area contributed by atoms with Crippen molar-refractivity contribution < 1.29 is 9.47 Å². The molecule has 192 valence electrons. The standard InChI is InChI=1S/C29H33N5O2S/c1-31-28(24-14-15-25(35-2)26(20-24)36-3)30-34(29(31)37)21-32-16-18-33(19-17-32)27(22-10-6-4-7-11-22)23-12-8-5-9-13-23/h4-15,20,27H,16-19,21H2,1-3H3. The fourth-order valence-electron chi connectivity index (χ4n) is 5.04. The van der Waals surface area contributed by atoms with Gasteiger partial charge in [-0.3, -0.25) is 9.80 Å². The molecule has 0 radical (unpaired) electrons. The van der Waals surface area contributed by atoms with E-state index in [1.165, 1.54) is 11.1 Å². The van der Waals surface area contributed by atoms with Crippen LogP contribution in [0, 0.1) is 4.77 Å². The summed E-state index contributed by atoms with van der Waals surface area (Å²) in [4.78, 5) is 5.00. The first-order chi connectivity index (χ1) is 18.1. The molecule has 37 heavy (non-hydrogen) atoms. The predicted molar refractivity (Wildman–Crippen MR) is 148 cm³/mol. The Balaban J connectivity index is 1.31. The number of nitrogens with zero attached hydrogens (tertiary/aromatic N) is 5. The van der Waals surface area contributed by atoms with Crippen LogP contribution in [-0.2, 0) is 13.7 Å². The summed E-state index contributed by atoms with van der Waals surface area (Å²) in [7, 11) is 5.23. The van der Waals surface area contributed by atoms with Gasteiger partial charge in [0.25, 0.3) is 0 Å². The Bertz CT molecular complexity index is 1340. The summed E-state index contributed by atoms with van der Waals surface area (Å²) in [5, 5.41) is 4.88. The normalized spacial score (nSPS) is 14.7. The minimum Gasteiger partial charge on any atom is -0.493 e. The van der Waals surface area contributed by atoms with Crippen LogP contribution in [0.2, 0.25) is 0 Å². The van der Waals surface area contributed by atoms with Crippen LogP contribution in [0.1, 0.15) is 17.2 Å². The molecule has 0 amide bonds. The quantitative estimate of drug-likeness (QED) is 0.308. The molecule has 1 aliphatic rings. The van der Waals surface area contributed by atoms with Gasteiger partial charge >= 0.3 is 0 Å². The van der Waals surface area contributed by atoms with Gasteiger partial charge in [-0.1, -0.05) is 60.7 Å². The van der Waals surface area contributed by atoms with Gasteiger partial charge in [0.1, 0.15) is 0 Å². The van der Waals surface area contributed by atoms with Crippen LogP contribution >= 0.6 is 12.2 Å². The van der Waals surface area contributed by atoms with Crippen LogP contribution in [0.5, 0.6) is 11.5 Å². The molecular formula is C29H33N5O2S. The van der Waals surface area contributed by atoms with Crippen LogP contribution < -0.4 is 9.47 Å². The summed E-state index contributed by atoms with van der Waals surface area (Å²) in [5.74, 6) is 2.16. The molecule has 3 aromatic carbocycles. The van der Waals surface area contributed by atoms with Crippen molar-refractivity contribution in [2.24, 2.45) is 7.05 Å². The summed E-state index contributed by atoms with van der Waals surface area (Å²) in [6.07, 6.45) is 0. The highest BCUT2D eigenvalue weighted by atomic mass is 32.1. The largest absolute Gasteiger partial charge is 0.493 e. The first-order valence-corrected chi connectivity index (χ1v) is 12.9. The Labute approximate surface area is 223 Å². The van der Waals surface area contributed by atoms with E-state index >= 15 is 0 Å². The number of rotatable bonds is 8. The van der Waals surface area contributed by atoms with Gasteiger partial charge in [-0.2, -0.15) is 5.10 Å². The van der Waals surface area contributed by atoms with Crippen molar-refractivity contribution in [1.29, 1.82) is 0 Å². The zero-order valence-corrected chi connectivity index (χ0v) is 22.4. The maximum Gasteiger partial charge on any atom is 0.199 e. The molecule has 1 aromatic heterocycles. The number of aromatic nitrogens is 3. The smallest absolute Gasteiger partial charge is 0.199 e. The van der Waals surface area contributed by atoms with Gasteiger partial charge in [0, 0.05) is 38.8 Å². The predicted octanol–water partition coefficient (Wildman–Crippen LogP) is 5.00. The monoisotopic (exact) mass is 515 g/mol. The van der Waals surface area contributed by atoms with E-state index in [1.807, 2.05) is 34.5 Å². The van der Waals surface area contributed by atoms with E-state index in [9.17, 15) is 0 Å². The van der Waals surface area contributed by atoms with E-state index in [1.54, 1.807) is 14.2 Å². The van der Waals surface area contributed by atoms with Gasteiger partial charge in [-0.05, 0) is 41.5 Å². The highest BCUT2D eigenvalue weighted by Gasteiger charge is 2.27. The average molecular weight is 516 g/mol. The van der Waals surface area contributed by atoms with E-state index in [-0.39, 0.29) is 6.04 Å². The number of hydrogen-bond donors (Lipinski definition) is 0. The highest BCUT2D eigenvalue weighted by Crippen LogP contribution is 2.32. The van der Waals surface area contributed by atoms with Crippen LogP contribution in [0.4, 0.5) is 0 Å². The van der Waals surface area contributed by atoms with Crippen LogP contribution in [0.15, 0.2) is 78.9 Å². The van der Waals surface area contributed by atoms with Crippen molar-refractivity contribution in [3.63, 3.8) is 0 Å². The fraction of sp³-hybridized carbons (Fsp3) is 0.310. The maximum atomic E-state index is 5.76. The lowest BCUT2D eigenvalue weighted by molar-refractivity contribution is 0.0844. The molecule has 0 saturated carbocycles. The molecule has 0 unspecified atom stereocenters. The van der Waals surface area contributed by atoms with Crippen molar-refractivity contribution in [2.75, 3.05) is 40.4 Å². The molecule has 4 aromatic rings. The fourth-order valence-corrected chi connectivity index (χ4v) is 5.23. The Kier molecular flexibility index (Phi) is 7.69. The third kappa shape index (κ3) is 5.32. The molecule has 0 atom stereocenters. The second kappa shape index (κ2) is 11.3. The lowest BCUT2D eigenvalue weighted by Crippen LogP contribution is -2.48. The van der Waals surface area contributed by atoms with Crippen molar-refractivity contribution in [2.45, 2.75) is 12.7 Å². The van der Waals surface area contributed by atoms with Crippen LogP contribution in [0.25, 0.3) is 11.4 Å². The van der Waals surface area contributed by atoms with E-state index in [0.717, 1.165) is 37.6 Å². The first-order valence-electron chi connectivity index (χ1n) is 12.5. The van der Waals surface area contributed by atoms with Gasteiger partial charge < -0.3 is 14.0 Å². The minimum absolute atomic E-state index is 0.248. The van der Waals surface area contributed by atoms with Gasteiger partial charge in [-0.15, -0.1) is 0 Å². The zero-order valence-electron chi connectivity index (χ0n) is 21.6. The molecule has 2 heterocycles. The molecule has 0 spiro atoms. The summed E-state index contributed by atoms with van der Waals surface area (Å²) >= 11 is 5.76. The lowest BCUT2D eigenvalue weighted by atomic mass is 9.96. The molecule has 1 fully saturated rings. The molecule has 0 aliphatic carbocycles. The Hall–Kier alpha value is -3.46. The van der Waals surface area contributed by atoms with Crippen molar-refractivity contribution in [3.05, 3.63) is 94.8 Å². The van der Waals surface area contributed by atoms with E-state index in [0.29, 0.717) is 22.9 Å². The minimum atomic E-state index is 0.248. The van der Waals surface area contributed by atoms with Gasteiger partial charge in [0.2, 0.25) is 0 Å². The lowest BCUT2D eigenvalue weighted by Gasteiger charge is -2.39. The second-order valence-corrected chi connectivity index (χ2v) is 9.62. The van der Waals surface area contributed by atoms with Gasteiger partial charge in [0.15, 0.2) is 22.1 Å². The number of benzene rings is 3. The van der Waals surface area contributed by atoms with Crippen LogP contribution in [0.3, 0.4) is 0 Å². The summed E-state index contributed by atoms with van der Waals surface area (Å²) in [5.41, 5.74) is 3.59. The summed E-state index contributed by atoms with van der Waals surface area (Å²) in [6.45, 7) is 4.49. The zero-order chi connectivity index (χ0) is 25.8. The third-order valence-electron chi connectivity index (χ3n) is 7.02. The van der Waals surface area contributed by atoms with Crippen molar-refractivity contribution in [1.82, 2.24) is 24.1 Å². The van der Waals surface area contributed by atoms with Gasteiger partial charge in [0.05, 0.1) is 26.9 Å². The number of methoxy groups -OCH3 is 2. The summed E-state index contributed by atoms with van der Waals surface area (Å²) < 4.78 is 15.4. The van der Waals surface area contributed by atoms with E-state index in [2.05, 4.69) is 70.5 Å². The molecule has 0 N–H and O–H groups in total. The van der Waals surface area contributed by atoms with Gasteiger partial charge in [-0.25, -0.2) is 4.68 Å². The topological polar surface area (TPSA) is 47.7 Å². The molecular weight excluding hydrogens is 482 g/mol. The molecule has 7 nitrogen and oxygen atoms in total. The Morgan fingerprint density at radius 2 is 1.41 bits per heavy atom. The molecule has 0 bridgehead atoms. The first kappa shape index (κ1) is 25.2. The van der Waals surface area contributed by atoms with Crippen molar-refractivity contribution in [3.8, 4) is 22.9 Å². The molecule has 1 saturated heterocycles. The molecule has 1 aliphatic heterocycles. The maximum absolute atomic E-state index is 5.76. The Morgan fingerprint density at radius 3 is 1.97 bits per heavy atom. The number of hydrogen-bond acceptors (Lipinski definition) is 6. The highest BCUT2D eigenvalue weighted by molar-refractivity contribution is 7.71. The van der Waals surface area contributed by atoms with Crippen LogP contribution in [-0.4, -0.2) is 64.5 Å².